The third-order valence-corrected chi connectivity index (χ3v) is 3.23. The molecule has 0 saturated heterocycles. The van der Waals surface area contributed by atoms with Crippen LogP contribution in [-0.2, 0) is 0 Å². The Labute approximate surface area is 126 Å². The van der Waals surface area contributed by atoms with Gasteiger partial charge in [0.15, 0.2) is 0 Å². The number of ether oxygens (including phenoxy) is 1. The number of hydrogen-bond donors (Lipinski definition) is 0. The summed E-state index contributed by atoms with van der Waals surface area (Å²) in [7, 11) is 0. The van der Waals surface area contributed by atoms with Gasteiger partial charge in [-0.3, -0.25) is 0 Å². The van der Waals surface area contributed by atoms with Crippen molar-refractivity contribution in [2.75, 3.05) is 0 Å². The normalized spacial score (nSPS) is 9.71. The van der Waals surface area contributed by atoms with Gasteiger partial charge in [0.05, 0.1) is 0 Å². The lowest BCUT2D eigenvalue weighted by Crippen LogP contribution is -1.89. The van der Waals surface area contributed by atoms with Crippen LogP contribution in [0.4, 0.5) is 0 Å². The van der Waals surface area contributed by atoms with Gasteiger partial charge in [0.25, 0.3) is 0 Å². The molecule has 2 rings (SSSR count). The molecule has 1 nitrogen and oxygen atoms in total. The van der Waals surface area contributed by atoms with Gasteiger partial charge in [0.1, 0.15) is 11.5 Å². The Kier molecular flexibility index (Phi) is 4.57. The molecule has 0 aliphatic rings. The summed E-state index contributed by atoms with van der Waals surface area (Å²) in [4.78, 5) is 0. The van der Waals surface area contributed by atoms with Crippen molar-refractivity contribution in [3.8, 4) is 11.5 Å². The molecule has 0 heterocycles. The van der Waals surface area contributed by atoms with Gasteiger partial charge in [0, 0.05) is 0 Å². The van der Waals surface area contributed by atoms with Gasteiger partial charge >= 0.3 is 0 Å². The van der Waals surface area contributed by atoms with E-state index in [4.69, 9.17) is 4.74 Å². The quantitative estimate of drug-likeness (QED) is 0.623. The molecule has 0 aromatic heterocycles. The second-order valence-corrected chi connectivity index (χ2v) is 4.50. The molecule has 0 aliphatic heterocycles. The Balaban J connectivity index is 2.33. The van der Waals surface area contributed by atoms with Crippen molar-refractivity contribution in [1.82, 2.24) is 0 Å². The molecule has 104 valence electrons. The average molecular weight is 274 g/mol. The van der Waals surface area contributed by atoms with Gasteiger partial charge in [0.2, 0.25) is 0 Å². The molecule has 0 fully saturated rings. The van der Waals surface area contributed by atoms with Crippen LogP contribution in [0.25, 0.3) is 24.3 Å². The molecule has 0 spiro atoms. The largest absolute Gasteiger partial charge is 0.457 e. The summed E-state index contributed by atoms with van der Waals surface area (Å²) in [6, 6.07) is 11.6. The standard InChI is InChI=1S/C20H18O/c1-5-15-9-11-19(13-17(15)7-3)21-20-12-10-16(6-2)18(8-4)14-20/h5-14H,1-4H2. The fraction of sp³-hybridized carbons (Fsp3) is 0. The molecule has 21 heavy (non-hydrogen) atoms. The molecule has 0 bridgehead atoms. The van der Waals surface area contributed by atoms with Crippen molar-refractivity contribution in [1.29, 1.82) is 0 Å². The van der Waals surface area contributed by atoms with Crippen LogP contribution in [0.2, 0.25) is 0 Å². The number of benzene rings is 2. The summed E-state index contributed by atoms with van der Waals surface area (Å²) in [5, 5.41) is 0. The maximum Gasteiger partial charge on any atom is 0.128 e. The van der Waals surface area contributed by atoms with Gasteiger partial charge in [-0.15, -0.1) is 0 Å². The summed E-state index contributed by atoms with van der Waals surface area (Å²) in [6.07, 6.45) is 7.19. The molecule has 0 unspecified atom stereocenters. The fourth-order valence-electron chi connectivity index (χ4n) is 2.09. The fourth-order valence-corrected chi connectivity index (χ4v) is 2.09. The molecule has 2 aromatic rings. The summed E-state index contributed by atoms with van der Waals surface area (Å²) < 4.78 is 5.90. The molecule has 0 radical (unpaired) electrons. The van der Waals surface area contributed by atoms with E-state index in [1.54, 1.807) is 24.3 Å². The van der Waals surface area contributed by atoms with Crippen LogP contribution in [0.5, 0.6) is 11.5 Å². The average Bonchev–Trinajstić information content (AvgIpc) is 2.54. The van der Waals surface area contributed by atoms with Crippen molar-refractivity contribution >= 4 is 24.3 Å². The molecule has 0 aliphatic carbocycles. The van der Waals surface area contributed by atoms with Crippen LogP contribution in [0.1, 0.15) is 22.3 Å². The van der Waals surface area contributed by atoms with Crippen molar-refractivity contribution in [3.63, 3.8) is 0 Å². The van der Waals surface area contributed by atoms with Crippen LogP contribution in [0.3, 0.4) is 0 Å². The van der Waals surface area contributed by atoms with E-state index in [9.17, 15) is 0 Å². The topological polar surface area (TPSA) is 9.23 Å². The Morgan fingerprint density at radius 2 is 0.952 bits per heavy atom. The summed E-state index contributed by atoms with van der Waals surface area (Å²) in [6.45, 7) is 15.2. The van der Waals surface area contributed by atoms with Gasteiger partial charge in [-0.1, -0.05) is 62.8 Å². The molecule has 0 amide bonds. The van der Waals surface area contributed by atoms with Crippen LogP contribution < -0.4 is 4.74 Å². The third-order valence-electron chi connectivity index (χ3n) is 3.23. The third kappa shape index (κ3) is 3.21. The molecule has 1 heteroatoms. The molecule has 0 saturated carbocycles. The predicted molar refractivity (Wildman–Crippen MR) is 93.3 cm³/mol. The minimum Gasteiger partial charge on any atom is -0.457 e. The van der Waals surface area contributed by atoms with E-state index >= 15 is 0 Å². The lowest BCUT2D eigenvalue weighted by molar-refractivity contribution is 0.482. The molecule has 0 N–H and O–H groups in total. The van der Waals surface area contributed by atoms with E-state index in [1.165, 1.54) is 0 Å². The number of rotatable bonds is 6. The molecular weight excluding hydrogens is 256 g/mol. The minimum atomic E-state index is 0.761. The second-order valence-electron chi connectivity index (χ2n) is 4.50. The zero-order valence-corrected chi connectivity index (χ0v) is 12.0. The summed E-state index contributed by atoms with van der Waals surface area (Å²) >= 11 is 0. The van der Waals surface area contributed by atoms with Crippen LogP contribution >= 0.6 is 0 Å². The Morgan fingerprint density at radius 1 is 0.571 bits per heavy atom. The molecular formula is C20H18O. The van der Waals surface area contributed by atoms with E-state index in [1.807, 2.05) is 36.4 Å². The van der Waals surface area contributed by atoms with Gasteiger partial charge in [-0.05, 0) is 46.5 Å². The van der Waals surface area contributed by atoms with Gasteiger partial charge < -0.3 is 4.74 Å². The minimum absolute atomic E-state index is 0.761. The first-order chi connectivity index (χ1) is 10.2. The van der Waals surface area contributed by atoms with Gasteiger partial charge in [-0.2, -0.15) is 0 Å². The first-order valence-electron chi connectivity index (χ1n) is 6.67. The highest BCUT2D eigenvalue weighted by Crippen LogP contribution is 2.27. The maximum atomic E-state index is 5.90. The van der Waals surface area contributed by atoms with Crippen LogP contribution in [-0.4, -0.2) is 0 Å². The van der Waals surface area contributed by atoms with Crippen molar-refractivity contribution in [3.05, 3.63) is 85.0 Å². The Bertz CT molecular complexity index is 646. The maximum absolute atomic E-state index is 5.90. The Morgan fingerprint density at radius 3 is 1.29 bits per heavy atom. The van der Waals surface area contributed by atoms with E-state index in [0.717, 1.165) is 33.8 Å². The summed E-state index contributed by atoms with van der Waals surface area (Å²) in [5.74, 6) is 1.52. The van der Waals surface area contributed by atoms with Crippen LogP contribution in [0.15, 0.2) is 62.7 Å². The lowest BCUT2D eigenvalue weighted by Gasteiger charge is -2.10. The zero-order chi connectivity index (χ0) is 15.2. The highest BCUT2D eigenvalue weighted by molar-refractivity contribution is 5.66. The first-order valence-corrected chi connectivity index (χ1v) is 6.67. The van der Waals surface area contributed by atoms with E-state index in [0.29, 0.717) is 0 Å². The van der Waals surface area contributed by atoms with E-state index in [2.05, 4.69) is 26.3 Å². The van der Waals surface area contributed by atoms with Crippen molar-refractivity contribution < 1.29 is 4.74 Å². The van der Waals surface area contributed by atoms with E-state index in [-0.39, 0.29) is 0 Å². The van der Waals surface area contributed by atoms with Crippen molar-refractivity contribution in [2.45, 2.75) is 0 Å². The smallest absolute Gasteiger partial charge is 0.128 e. The van der Waals surface area contributed by atoms with Gasteiger partial charge in [-0.25, -0.2) is 0 Å². The van der Waals surface area contributed by atoms with Crippen molar-refractivity contribution in [2.24, 2.45) is 0 Å². The van der Waals surface area contributed by atoms with E-state index < -0.39 is 0 Å². The summed E-state index contributed by atoms with van der Waals surface area (Å²) in [5.41, 5.74) is 4.06. The molecule has 2 aromatic carbocycles. The highest BCUT2D eigenvalue weighted by Gasteiger charge is 2.03. The highest BCUT2D eigenvalue weighted by atomic mass is 16.5. The SMILES string of the molecule is C=Cc1ccc(Oc2ccc(C=C)c(C=C)c2)cc1C=C. The second kappa shape index (κ2) is 6.58. The Hall–Kier alpha value is -2.80. The lowest BCUT2D eigenvalue weighted by atomic mass is 10.1. The monoisotopic (exact) mass is 274 g/mol. The zero-order valence-electron chi connectivity index (χ0n) is 12.0. The van der Waals surface area contributed by atoms with Crippen LogP contribution in [0, 0.1) is 0 Å². The molecule has 0 atom stereocenters. The predicted octanol–water partition coefficient (Wildman–Crippen LogP) is 6.05. The number of hydrogen-bond acceptors (Lipinski definition) is 1. The first kappa shape index (κ1) is 14.6.